The molecule has 0 saturated carbocycles. The Kier molecular flexibility index (Phi) is 5.40. The molecule has 5 aromatic rings. The van der Waals surface area contributed by atoms with E-state index in [4.69, 9.17) is 0 Å². The van der Waals surface area contributed by atoms with Crippen LogP contribution in [0.1, 0.15) is 12.8 Å². The number of amides is 1. The van der Waals surface area contributed by atoms with Crippen LogP contribution in [0.3, 0.4) is 0 Å². The summed E-state index contributed by atoms with van der Waals surface area (Å²) in [6.45, 7) is 0.528. The topological polar surface area (TPSA) is 90.5 Å². The van der Waals surface area contributed by atoms with Gasteiger partial charge in [0.05, 0.1) is 17.6 Å². The number of anilines is 1. The van der Waals surface area contributed by atoms with Crippen LogP contribution in [-0.2, 0) is 11.3 Å². The van der Waals surface area contributed by atoms with E-state index >= 15 is 0 Å². The first-order valence-corrected chi connectivity index (χ1v) is 10.4. The van der Waals surface area contributed by atoms with Crippen LogP contribution in [0, 0.1) is 0 Å². The molecule has 0 atom stereocenters. The van der Waals surface area contributed by atoms with E-state index in [0.717, 1.165) is 28.0 Å². The van der Waals surface area contributed by atoms with Gasteiger partial charge in [0, 0.05) is 23.4 Å². The number of fused-ring (bicyclic) bond motifs is 1. The minimum atomic E-state index is -0.0470. The van der Waals surface area contributed by atoms with Gasteiger partial charge < -0.3 is 5.32 Å². The summed E-state index contributed by atoms with van der Waals surface area (Å²) in [5, 5.41) is 15.5. The van der Waals surface area contributed by atoms with Gasteiger partial charge in [-0.15, -0.1) is 10.2 Å². The van der Waals surface area contributed by atoms with Gasteiger partial charge in [0.1, 0.15) is 6.33 Å². The average molecular weight is 423 g/mol. The molecule has 8 heteroatoms. The zero-order valence-electron chi connectivity index (χ0n) is 17.3. The number of aromatic nitrogens is 6. The lowest BCUT2D eigenvalue weighted by molar-refractivity contribution is -0.116. The van der Waals surface area contributed by atoms with Crippen molar-refractivity contribution >= 4 is 22.6 Å². The molecule has 0 bridgehead atoms. The number of nitrogens with zero attached hydrogens (tertiary/aromatic N) is 6. The van der Waals surface area contributed by atoms with Crippen LogP contribution in [0.4, 0.5) is 5.69 Å². The first-order valence-electron chi connectivity index (χ1n) is 10.4. The van der Waals surface area contributed by atoms with Crippen molar-refractivity contribution in [3.8, 4) is 17.1 Å². The van der Waals surface area contributed by atoms with Crippen molar-refractivity contribution in [2.75, 3.05) is 5.32 Å². The molecule has 158 valence electrons. The molecule has 8 nitrogen and oxygen atoms in total. The van der Waals surface area contributed by atoms with Crippen molar-refractivity contribution in [3.05, 3.63) is 85.2 Å². The summed E-state index contributed by atoms with van der Waals surface area (Å²) in [6.07, 6.45) is 2.80. The maximum atomic E-state index is 12.3. The highest BCUT2D eigenvalue weighted by Crippen LogP contribution is 2.20. The monoisotopic (exact) mass is 423 g/mol. The van der Waals surface area contributed by atoms with Crippen molar-refractivity contribution in [2.45, 2.75) is 19.4 Å². The summed E-state index contributed by atoms with van der Waals surface area (Å²) in [7, 11) is 0. The first kappa shape index (κ1) is 19.6. The summed E-state index contributed by atoms with van der Waals surface area (Å²) in [6, 6.07) is 25.4. The molecular formula is C24H21N7O. The highest BCUT2D eigenvalue weighted by molar-refractivity contribution is 5.90. The van der Waals surface area contributed by atoms with E-state index in [1.807, 2.05) is 83.4 Å². The van der Waals surface area contributed by atoms with Gasteiger partial charge in [-0.1, -0.05) is 42.5 Å². The van der Waals surface area contributed by atoms with E-state index in [0.29, 0.717) is 25.2 Å². The Bertz CT molecular complexity index is 1340. The van der Waals surface area contributed by atoms with Gasteiger partial charge in [-0.2, -0.15) is 4.80 Å². The highest BCUT2D eigenvalue weighted by atomic mass is 16.1. The van der Waals surface area contributed by atoms with Crippen LogP contribution in [0.5, 0.6) is 0 Å². The maximum Gasteiger partial charge on any atom is 0.224 e. The molecular weight excluding hydrogens is 402 g/mol. The third-order valence-corrected chi connectivity index (χ3v) is 5.13. The number of carbonyl (C=O) groups excluding carboxylic acids is 1. The van der Waals surface area contributed by atoms with Crippen LogP contribution in [-0.4, -0.2) is 35.7 Å². The van der Waals surface area contributed by atoms with E-state index in [2.05, 4.69) is 25.7 Å². The molecule has 0 unspecified atom stereocenters. The van der Waals surface area contributed by atoms with Gasteiger partial charge in [-0.05, 0) is 48.0 Å². The molecule has 5 rings (SSSR count). The molecule has 1 N–H and O–H groups in total. The summed E-state index contributed by atoms with van der Waals surface area (Å²) in [5.41, 5.74) is 4.66. The summed E-state index contributed by atoms with van der Waals surface area (Å²) < 4.78 is 2.02. The largest absolute Gasteiger partial charge is 0.326 e. The molecule has 0 radical (unpaired) electrons. The fraction of sp³-hybridized carbons (Fsp3) is 0.125. The van der Waals surface area contributed by atoms with Gasteiger partial charge in [0.25, 0.3) is 0 Å². The zero-order valence-corrected chi connectivity index (χ0v) is 17.3. The molecule has 32 heavy (non-hydrogen) atoms. The van der Waals surface area contributed by atoms with E-state index in [1.165, 1.54) is 4.80 Å². The van der Waals surface area contributed by atoms with Crippen molar-refractivity contribution < 1.29 is 4.79 Å². The summed E-state index contributed by atoms with van der Waals surface area (Å²) >= 11 is 0. The second-order valence-corrected chi connectivity index (χ2v) is 7.38. The van der Waals surface area contributed by atoms with Crippen LogP contribution in [0.2, 0.25) is 0 Å². The Morgan fingerprint density at radius 1 is 0.906 bits per heavy atom. The number of carbonyl (C=O) groups is 1. The molecule has 0 aliphatic rings. The van der Waals surface area contributed by atoms with Crippen molar-refractivity contribution in [1.29, 1.82) is 0 Å². The van der Waals surface area contributed by atoms with Crippen molar-refractivity contribution in [1.82, 2.24) is 29.8 Å². The third kappa shape index (κ3) is 4.24. The smallest absolute Gasteiger partial charge is 0.224 e. The number of imidazole rings is 1. The van der Waals surface area contributed by atoms with Gasteiger partial charge in [-0.3, -0.25) is 9.36 Å². The number of benzene rings is 3. The number of hydrogen-bond acceptors (Lipinski definition) is 5. The fourth-order valence-corrected chi connectivity index (χ4v) is 3.52. The van der Waals surface area contributed by atoms with E-state index in [1.54, 1.807) is 6.33 Å². The number of rotatable bonds is 7. The third-order valence-electron chi connectivity index (χ3n) is 5.13. The van der Waals surface area contributed by atoms with Crippen LogP contribution in [0.15, 0.2) is 85.2 Å². The minimum absolute atomic E-state index is 0.0470. The Hall–Kier alpha value is -4.33. The fourth-order valence-electron chi connectivity index (χ4n) is 3.52. The molecule has 2 aromatic heterocycles. The number of nitrogens with one attached hydrogen (secondary N) is 1. The Balaban J connectivity index is 1.14. The number of para-hydroxylation sites is 2. The molecule has 0 aliphatic carbocycles. The Labute approximate surface area is 184 Å². The molecule has 0 fully saturated rings. The minimum Gasteiger partial charge on any atom is -0.326 e. The predicted molar refractivity (Wildman–Crippen MR) is 122 cm³/mol. The summed E-state index contributed by atoms with van der Waals surface area (Å²) in [4.78, 5) is 18.3. The van der Waals surface area contributed by atoms with Gasteiger partial charge >= 0.3 is 0 Å². The molecule has 0 aliphatic heterocycles. The van der Waals surface area contributed by atoms with Crippen LogP contribution < -0.4 is 5.32 Å². The number of aryl methyl sites for hydroxylation is 1. The van der Waals surface area contributed by atoms with Gasteiger partial charge in [0.15, 0.2) is 0 Å². The first-order chi connectivity index (χ1) is 15.8. The van der Waals surface area contributed by atoms with E-state index in [9.17, 15) is 4.79 Å². The lowest BCUT2D eigenvalue weighted by Crippen LogP contribution is -2.13. The van der Waals surface area contributed by atoms with Crippen molar-refractivity contribution in [2.24, 2.45) is 0 Å². The zero-order chi connectivity index (χ0) is 21.8. The van der Waals surface area contributed by atoms with Gasteiger partial charge in [-0.25, -0.2) is 4.98 Å². The maximum absolute atomic E-state index is 12.3. The average Bonchev–Trinajstić information content (AvgIpc) is 3.48. The van der Waals surface area contributed by atoms with Crippen molar-refractivity contribution in [3.63, 3.8) is 0 Å². The molecule has 2 heterocycles. The predicted octanol–water partition coefficient (Wildman–Crippen LogP) is 4.10. The SMILES string of the molecule is O=C(CCCn1nnc(-c2ccccc2)n1)Nc1ccc(-n2cnc3ccccc32)cc1. The molecule has 0 saturated heterocycles. The molecule has 0 spiro atoms. The Morgan fingerprint density at radius 2 is 1.69 bits per heavy atom. The number of hydrogen-bond donors (Lipinski definition) is 1. The second-order valence-electron chi connectivity index (χ2n) is 7.38. The highest BCUT2D eigenvalue weighted by Gasteiger charge is 2.08. The lowest BCUT2D eigenvalue weighted by Gasteiger charge is -2.08. The van der Waals surface area contributed by atoms with E-state index in [-0.39, 0.29) is 5.91 Å². The van der Waals surface area contributed by atoms with Crippen LogP contribution >= 0.6 is 0 Å². The second kappa shape index (κ2) is 8.81. The van der Waals surface area contributed by atoms with Crippen LogP contribution in [0.25, 0.3) is 28.1 Å². The van der Waals surface area contributed by atoms with Gasteiger partial charge in [0.2, 0.25) is 11.7 Å². The summed E-state index contributed by atoms with van der Waals surface area (Å²) in [5.74, 6) is 0.537. The quantitative estimate of drug-likeness (QED) is 0.426. The Morgan fingerprint density at radius 3 is 2.53 bits per heavy atom. The normalized spacial score (nSPS) is 11.0. The lowest BCUT2D eigenvalue weighted by atomic mass is 10.2. The van der Waals surface area contributed by atoms with E-state index < -0.39 is 0 Å². The molecule has 3 aromatic carbocycles. The molecule has 1 amide bonds. The number of tetrazole rings is 1. The standard InChI is InChI=1S/C24H21N7O/c32-23(11-6-16-31-28-24(27-29-31)18-7-2-1-3-8-18)26-19-12-14-20(15-13-19)30-17-25-21-9-4-5-10-22(21)30/h1-5,7-10,12-15,17H,6,11,16H2,(H,26,32).